The molecule has 3 unspecified atom stereocenters. The second kappa shape index (κ2) is 5.06. The van der Waals surface area contributed by atoms with Gasteiger partial charge in [0, 0.05) is 16.1 Å². The Morgan fingerprint density at radius 3 is 2.53 bits per heavy atom. The molecule has 0 spiro atoms. The van der Waals surface area contributed by atoms with Gasteiger partial charge in [0.15, 0.2) is 0 Å². The zero-order valence-electron chi connectivity index (χ0n) is 10.4. The monoisotopic (exact) mass is 319 g/mol. The number of nitrogens with two attached hydrogens (primary N) is 1. The normalized spacial score (nSPS) is 23.1. The molecule has 1 saturated carbocycles. The molecule has 0 saturated heterocycles. The minimum atomic E-state index is -0.249. The lowest BCUT2D eigenvalue weighted by molar-refractivity contribution is 0.544. The highest BCUT2D eigenvalue weighted by atomic mass is 79.9. The van der Waals surface area contributed by atoms with E-state index in [0.717, 1.165) is 10.9 Å². The van der Waals surface area contributed by atoms with Crippen molar-refractivity contribution < 1.29 is 4.39 Å². The van der Waals surface area contributed by atoms with Crippen LogP contribution >= 0.6 is 15.9 Å². The SMILES string of the molecule is NC(c1c(F)cccc1Br)C1CC1c1ccccc1. The van der Waals surface area contributed by atoms with Crippen LogP contribution in [0.2, 0.25) is 0 Å². The third-order valence-corrected chi connectivity index (χ3v) is 4.55. The highest BCUT2D eigenvalue weighted by Gasteiger charge is 2.43. The summed E-state index contributed by atoms with van der Waals surface area (Å²) in [5.74, 6) is 0.568. The van der Waals surface area contributed by atoms with Crippen molar-refractivity contribution in [1.82, 2.24) is 0 Å². The Balaban J connectivity index is 1.82. The third kappa shape index (κ3) is 2.45. The average molecular weight is 320 g/mol. The van der Waals surface area contributed by atoms with E-state index in [1.54, 1.807) is 6.07 Å². The molecule has 3 heteroatoms. The highest BCUT2D eigenvalue weighted by Crippen LogP contribution is 2.54. The van der Waals surface area contributed by atoms with E-state index in [-0.39, 0.29) is 11.9 Å². The molecule has 98 valence electrons. The molecule has 1 nitrogen and oxygen atoms in total. The summed E-state index contributed by atoms with van der Waals surface area (Å²) < 4.78 is 14.7. The standard InChI is InChI=1S/C16H15BrFN/c17-13-7-4-8-14(18)15(13)16(19)12-9-11(12)10-5-2-1-3-6-10/h1-8,11-12,16H,9,19H2. The highest BCUT2D eigenvalue weighted by molar-refractivity contribution is 9.10. The Hall–Kier alpha value is -1.19. The van der Waals surface area contributed by atoms with Crippen molar-refractivity contribution in [2.45, 2.75) is 18.4 Å². The second-order valence-corrected chi connectivity index (χ2v) is 5.93. The quantitative estimate of drug-likeness (QED) is 0.892. The molecule has 0 heterocycles. The van der Waals surface area contributed by atoms with E-state index in [4.69, 9.17) is 5.73 Å². The van der Waals surface area contributed by atoms with Gasteiger partial charge in [0.25, 0.3) is 0 Å². The summed E-state index contributed by atoms with van der Waals surface area (Å²) in [5.41, 5.74) is 8.16. The number of halogens is 2. The largest absolute Gasteiger partial charge is 0.324 e. The van der Waals surface area contributed by atoms with E-state index in [2.05, 4.69) is 28.1 Å². The Labute approximate surface area is 120 Å². The van der Waals surface area contributed by atoms with Crippen molar-refractivity contribution in [2.24, 2.45) is 11.7 Å². The van der Waals surface area contributed by atoms with Gasteiger partial charge in [0.2, 0.25) is 0 Å². The van der Waals surface area contributed by atoms with Crippen molar-refractivity contribution in [2.75, 3.05) is 0 Å². The number of rotatable bonds is 3. The van der Waals surface area contributed by atoms with Gasteiger partial charge in [-0.3, -0.25) is 0 Å². The summed E-state index contributed by atoms with van der Waals surface area (Å²) >= 11 is 3.40. The van der Waals surface area contributed by atoms with Gasteiger partial charge in [0.1, 0.15) is 5.82 Å². The van der Waals surface area contributed by atoms with Crippen LogP contribution in [0, 0.1) is 11.7 Å². The van der Waals surface area contributed by atoms with Crippen molar-refractivity contribution in [3.05, 3.63) is 69.9 Å². The van der Waals surface area contributed by atoms with Crippen LogP contribution in [-0.2, 0) is 0 Å². The third-order valence-electron chi connectivity index (χ3n) is 3.86. The molecule has 19 heavy (non-hydrogen) atoms. The summed E-state index contributed by atoms with van der Waals surface area (Å²) in [6, 6.07) is 15.1. The van der Waals surface area contributed by atoms with Crippen LogP contribution in [0.15, 0.2) is 53.0 Å². The molecule has 0 bridgehead atoms. The maximum atomic E-state index is 13.9. The van der Waals surface area contributed by atoms with Gasteiger partial charge in [-0.25, -0.2) is 4.39 Å². The smallest absolute Gasteiger partial charge is 0.129 e. The fourth-order valence-corrected chi connectivity index (χ4v) is 3.34. The fraction of sp³-hybridized carbons (Fsp3) is 0.250. The topological polar surface area (TPSA) is 26.0 Å². The average Bonchev–Trinajstić information content (AvgIpc) is 3.19. The Bertz CT molecular complexity index is 564. The van der Waals surface area contributed by atoms with Gasteiger partial charge < -0.3 is 5.73 Å². The van der Waals surface area contributed by atoms with E-state index in [1.165, 1.54) is 11.6 Å². The van der Waals surface area contributed by atoms with E-state index in [0.29, 0.717) is 17.4 Å². The zero-order chi connectivity index (χ0) is 13.4. The van der Waals surface area contributed by atoms with Crippen LogP contribution in [0.3, 0.4) is 0 Å². The van der Waals surface area contributed by atoms with Gasteiger partial charge >= 0.3 is 0 Å². The van der Waals surface area contributed by atoms with Crippen LogP contribution in [0.4, 0.5) is 4.39 Å². The van der Waals surface area contributed by atoms with Crippen LogP contribution in [0.1, 0.15) is 29.5 Å². The lowest BCUT2D eigenvalue weighted by Crippen LogP contribution is -2.16. The maximum absolute atomic E-state index is 13.9. The summed E-state index contributed by atoms with van der Waals surface area (Å²) in [7, 11) is 0. The molecule has 1 fully saturated rings. The molecule has 3 atom stereocenters. The van der Waals surface area contributed by atoms with Crippen LogP contribution in [-0.4, -0.2) is 0 Å². The first-order valence-corrected chi connectivity index (χ1v) is 7.22. The van der Waals surface area contributed by atoms with Crippen LogP contribution in [0.25, 0.3) is 0 Å². The predicted molar refractivity (Wildman–Crippen MR) is 78.3 cm³/mol. The summed E-state index contributed by atoms with van der Waals surface area (Å²) in [5, 5.41) is 0. The lowest BCUT2D eigenvalue weighted by atomic mass is 9.99. The first kappa shape index (κ1) is 12.8. The number of hydrogen-bond acceptors (Lipinski definition) is 1. The molecular weight excluding hydrogens is 305 g/mol. The van der Waals surface area contributed by atoms with Crippen molar-refractivity contribution in [3.8, 4) is 0 Å². The summed E-state index contributed by atoms with van der Waals surface area (Å²) in [6.45, 7) is 0. The molecule has 0 radical (unpaired) electrons. The van der Waals surface area contributed by atoms with Gasteiger partial charge in [-0.2, -0.15) is 0 Å². The van der Waals surface area contributed by atoms with Gasteiger partial charge in [-0.05, 0) is 36.0 Å². The van der Waals surface area contributed by atoms with Crippen molar-refractivity contribution >= 4 is 15.9 Å². The fourth-order valence-electron chi connectivity index (χ4n) is 2.74. The predicted octanol–water partition coefficient (Wildman–Crippen LogP) is 4.39. The second-order valence-electron chi connectivity index (χ2n) is 5.08. The van der Waals surface area contributed by atoms with E-state index >= 15 is 0 Å². The Morgan fingerprint density at radius 2 is 1.84 bits per heavy atom. The molecule has 2 N–H and O–H groups in total. The van der Waals surface area contributed by atoms with E-state index < -0.39 is 0 Å². The molecule has 0 amide bonds. The number of hydrogen-bond donors (Lipinski definition) is 1. The molecule has 3 rings (SSSR count). The van der Waals surface area contributed by atoms with Gasteiger partial charge in [0.05, 0.1) is 0 Å². The number of benzene rings is 2. The summed E-state index contributed by atoms with van der Waals surface area (Å²) in [4.78, 5) is 0. The molecule has 1 aliphatic rings. The Kier molecular flexibility index (Phi) is 3.42. The van der Waals surface area contributed by atoms with Crippen LogP contribution in [0.5, 0.6) is 0 Å². The molecule has 1 aliphatic carbocycles. The minimum Gasteiger partial charge on any atom is -0.324 e. The zero-order valence-corrected chi connectivity index (χ0v) is 12.0. The molecule has 0 aromatic heterocycles. The first-order chi connectivity index (χ1) is 9.18. The molecular formula is C16H15BrFN. The van der Waals surface area contributed by atoms with E-state index in [1.807, 2.05) is 24.3 Å². The first-order valence-electron chi connectivity index (χ1n) is 6.43. The van der Waals surface area contributed by atoms with Crippen molar-refractivity contribution in [1.29, 1.82) is 0 Å². The van der Waals surface area contributed by atoms with Gasteiger partial charge in [-0.1, -0.05) is 52.3 Å². The van der Waals surface area contributed by atoms with Crippen molar-refractivity contribution in [3.63, 3.8) is 0 Å². The molecule has 2 aromatic carbocycles. The van der Waals surface area contributed by atoms with Gasteiger partial charge in [-0.15, -0.1) is 0 Å². The van der Waals surface area contributed by atoms with Crippen LogP contribution < -0.4 is 5.73 Å². The maximum Gasteiger partial charge on any atom is 0.129 e. The molecule has 0 aliphatic heterocycles. The molecule has 2 aromatic rings. The summed E-state index contributed by atoms with van der Waals surface area (Å²) in [6.07, 6.45) is 1.03. The Morgan fingerprint density at radius 1 is 1.11 bits per heavy atom. The minimum absolute atomic E-state index is 0.222. The lowest BCUT2D eigenvalue weighted by Gasteiger charge is -2.15. The van der Waals surface area contributed by atoms with E-state index in [9.17, 15) is 4.39 Å².